The highest BCUT2D eigenvalue weighted by Gasteiger charge is 2.38. The number of fused-ring (bicyclic) bond motifs is 1. The highest BCUT2D eigenvalue weighted by atomic mass is 32.2. The number of nitrogens with zero attached hydrogens (tertiary/aromatic N) is 1. The van der Waals surface area contributed by atoms with E-state index >= 15 is 0 Å². The number of aliphatic hydroxyl groups is 1. The van der Waals surface area contributed by atoms with E-state index in [9.17, 15) is 9.90 Å². The van der Waals surface area contributed by atoms with Crippen LogP contribution < -0.4 is 4.90 Å². The Balaban J connectivity index is 1.63. The molecule has 0 aliphatic carbocycles. The number of para-hydroxylation sites is 1. The van der Waals surface area contributed by atoms with Gasteiger partial charge in [-0.05, 0) is 17.2 Å². The van der Waals surface area contributed by atoms with Gasteiger partial charge in [0.1, 0.15) is 0 Å². The monoisotopic (exact) mass is 367 g/mol. The number of allylic oxidation sites excluding steroid dienone is 2. The standard InChI is InChI=1S/C22H25NO2S/c1-22(2)18-11-7-8-12-19(18)23(3)21(22)13-17(24)14-26-15-20(25)16-9-5-4-6-10-16/h4-13,20,25H,14-15H2,1-3H3/b21-13-/t20-/m0/s1. The molecule has 0 saturated heterocycles. The molecule has 3 nitrogen and oxygen atoms in total. The van der Waals surface area contributed by atoms with Crippen LogP contribution in [0, 0.1) is 0 Å². The second-order valence-electron chi connectivity index (χ2n) is 7.14. The van der Waals surface area contributed by atoms with Gasteiger partial charge in [-0.1, -0.05) is 62.4 Å². The topological polar surface area (TPSA) is 40.5 Å². The summed E-state index contributed by atoms with van der Waals surface area (Å²) in [7, 11) is 2.01. The quantitative estimate of drug-likeness (QED) is 0.772. The third-order valence-corrected chi connectivity index (χ3v) is 5.98. The Morgan fingerprint density at radius 2 is 1.81 bits per heavy atom. The number of carbonyl (C=O) groups is 1. The smallest absolute Gasteiger partial charge is 0.167 e. The van der Waals surface area contributed by atoms with Gasteiger partial charge in [-0.15, -0.1) is 0 Å². The molecule has 3 rings (SSSR count). The first kappa shape index (κ1) is 18.7. The number of aliphatic hydroxyl groups excluding tert-OH is 1. The molecule has 2 aromatic rings. The van der Waals surface area contributed by atoms with Crippen molar-refractivity contribution in [1.29, 1.82) is 0 Å². The summed E-state index contributed by atoms with van der Waals surface area (Å²) >= 11 is 1.47. The van der Waals surface area contributed by atoms with Gasteiger partial charge in [0.05, 0.1) is 11.9 Å². The van der Waals surface area contributed by atoms with Gasteiger partial charge in [0, 0.05) is 35.7 Å². The van der Waals surface area contributed by atoms with Gasteiger partial charge in [0.25, 0.3) is 0 Å². The molecule has 4 heteroatoms. The number of likely N-dealkylation sites (N-methyl/N-ethyl adjacent to an activating group) is 1. The summed E-state index contributed by atoms with van der Waals surface area (Å²) in [5, 5.41) is 10.2. The Bertz CT molecular complexity index is 814. The maximum absolute atomic E-state index is 12.5. The molecule has 136 valence electrons. The van der Waals surface area contributed by atoms with E-state index in [1.54, 1.807) is 6.08 Å². The Kier molecular flexibility index (Phi) is 5.54. The van der Waals surface area contributed by atoms with E-state index in [-0.39, 0.29) is 11.2 Å². The predicted molar refractivity (Wildman–Crippen MR) is 110 cm³/mol. The van der Waals surface area contributed by atoms with Crippen molar-refractivity contribution in [2.75, 3.05) is 23.5 Å². The van der Waals surface area contributed by atoms with E-state index in [2.05, 4.69) is 30.9 Å². The summed E-state index contributed by atoms with van der Waals surface area (Å²) < 4.78 is 0. The molecule has 26 heavy (non-hydrogen) atoms. The van der Waals surface area contributed by atoms with Gasteiger partial charge in [-0.2, -0.15) is 11.8 Å². The van der Waals surface area contributed by atoms with E-state index in [1.807, 2.05) is 49.5 Å². The molecule has 0 spiro atoms. The lowest BCUT2D eigenvalue weighted by Crippen LogP contribution is -2.24. The molecule has 2 aromatic carbocycles. The number of hydrogen-bond acceptors (Lipinski definition) is 4. The van der Waals surface area contributed by atoms with Crippen LogP contribution in [0.5, 0.6) is 0 Å². The molecule has 1 aliphatic heterocycles. The van der Waals surface area contributed by atoms with E-state index in [4.69, 9.17) is 0 Å². The van der Waals surface area contributed by atoms with E-state index in [0.717, 1.165) is 16.9 Å². The lowest BCUT2D eigenvalue weighted by atomic mass is 9.83. The maximum Gasteiger partial charge on any atom is 0.167 e. The van der Waals surface area contributed by atoms with Crippen LogP contribution in [0.1, 0.15) is 31.1 Å². The summed E-state index contributed by atoms with van der Waals surface area (Å²) in [5.41, 5.74) is 4.12. The van der Waals surface area contributed by atoms with E-state index in [0.29, 0.717) is 11.5 Å². The number of ketones is 1. The average Bonchev–Trinajstić information content (AvgIpc) is 2.83. The third kappa shape index (κ3) is 3.71. The molecule has 0 saturated carbocycles. The summed E-state index contributed by atoms with van der Waals surface area (Å²) in [6.07, 6.45) is 1.22. The second-order valence-corrected chi connectivity index (χ2v) is 8.17. The van der Waals surface area contributed by atoms with Crippen LogP contribution in [0.4, 0.5) is 5.69 Å². The summed E-state index contributed by atoms with van der Waals surface area (Å²) in [6.45, 7) is 4.31. The van der Waals surface area contributed by atoms with E-state index in [1.165, 1.54) is 17.3 Å². The molecule has 0 amide bonds. The molecule has 1 aliphatic rings. The maximum atomic E-state index is 12.5. The first-order valence-electron chi connectivity index (χ1n) is 8.80. The van der Waals surface area contributed by atoms with Crippen molar-refractivity contribution in [3.63, 3.8) is 0 Å². The second kappa shape index (κ2) is 7.68. The normalized spacial score (nSPS) is 18.0. The lowest BCUT2D eigenvalue weighted by Gasteiger charge is -2.24. The van der Waals surface area contributed by atoms with Gasteiger partial charge in [-0.3, -0.25) is 4.79 Å². The Labute approximate surface area is 159 Å². The Morgan fingerprint density at radius 3 is 2.50 bits per heavy atom. The van der Waals surface area contributed by atoms with Crippen molar-refractivity contribution < 1.29 is 9.90 Å². The zero-order valence-corrected chi connectivity index (χ0v) is 16.3. The van der Waals surface area contributed by atoms with Crippen molar-refractivity contribution in [2.45, 2.75) is 25.4 Å². The largest absolute Gasteiger partial charge is 0.388 e. The minimum atomic E-state index is -0.545. The van der Waals surface area contributed by atoms with Crippen molar-refractivity contribution in [3.05, 3.63) is 77.5 Å². The van der Waals surface area contributed by atoms with Crippen LogP contribution >= 0.6 is 11.8 Å². The van der Waals surface area contributed by atoms with Crippen molar-refractivity contribution >= 4 is 23.2 Å². The van der Waals surface area contributed by atoms with Crippen LogP contribution in [0.15, 0.2) is 66.4 Å². The Hall–Kier alpha value is -2.04. The van der Waals surface area contributed by atoms with Gasteiger partial charge < -0.3 is 10.0 Å². The number of hydrogen-bond donors (Lipinski definition) is 1. The molecule has 0 aromatic heterocycles. The SMILES string of the molecule is CN1/C(=C\C(=O)CSC[C@H](O)c2ccccc2)C(C)(C)c2ccccc21. The zero-order valence-electron chi connectivity index (χ0n) is 15.5. The Morgan fingerprint density at radius 1 is 1.15 bits per heavy atom. The fourth-order valence-corrected chi connectivity index (χ4v) is 4.31. The highest BCUT2D eigenvalue weighted by Crippen LogP contribution is 2.46. The summed E-state index contributed by atoms with van der Waals surface area (Å²) in [4.78, 5) is 14.6. The van der Waals surface area contributed by atoms with Crippen molar-refractivity contribution in [3.8, 4) is 0 Å². The number of benzene rings is 2. The first-order valence-corrected chi connectivity index (χ1v) is 9.95. The molecule has 0 fully saturated rings. The van der Waals surface area contributed by atoms with Gasteiger partial charge in [-0.25, -0.2) is 0 Å². The number of carbonyl (C=O) groups excluding carboxylic acids is 1. The molecule has 0 radical (unpaired) electrons. The number of rotatable bonds is 6. The minimum absolute atomic E-state index is 0.0815. The van der Waals surface area contributed by atoms with Crippen LogP contribution in [-0.2, 0) is 10.2 Å². The van der Waals surface area contributed by atoms with Crippen molar-refractivity contribution in [1.82, 2.24) is 0 Å². The molecule has 1 atom stereocenters. The predicted octanol–water partition coefficient (Wildman–Crippen LogP) is 4.33. The van der Waals surface area contributed by atoms with Crippen LogP contribution in [0.2, 0.25) is 0 Å². The highest BCUT2D eigenvalue weighted by molar-refractivity contribution is 8.00. The zero-order chi connectivity index (χ0) is 18.7. The van der Waals surface area contributed by atoms with Crippen LogP contribution in [-0.4, -0.2) is 29.4 Å². The lowest BCUT2D eigenvalue weighted by molar-refractivity contribution is -0.112. The molecular weight excluding hydrogens is 342 g/mol. The average molecular weight is 368 g/mol. The van der Waals surface area contributed by atoms with Gasteiger partial charge >= 0.3 is 0 Å². The van der Waals surface area contributed by atoms with E-state index < -0.39 is 6.10 Å². The van der Waals surface area contributed by atoms with Crippen molar-refractivity contribution in [2.24, 2.45) is 0 Å². The molecule has 1 N–H and O–H groups in total. The summed E-state index contributed by atoms with van der Waals surface area (Å²) in [5.74, 6) is 0.962. The van der Waals surface area contributed by atoms with Crippen LogP contribution in [0.25, 0.3) is 0 Å². The van der Waals surface area contributed by atoms with Crippen LogP contribution in [0.3, 0.4) is 0 Å². The summed E-state index contributed by atoms with van der Waals surface area (Å²) in [6, 6.07) is 17.8. The fraction of sp³-hybridized carbons (Fsp3) is 0.318. The molecule has 1 heterocycles. The minimum Gasteiger partial charge on any atom is -0.388 e. The molecule has 0 unspecified atom stereocenters. The molecular formula is C22H25NO2S. The first-order chi connectivity index (χ1) is 12.4. The number of thioether (sulfide) groups is 1. The third-order valence-electron chi connectivity index (χ3n) is 4.94. The van der Waals surface area contributed by atoms with Gasteiger partial charge in [0.15, 0.2) is 5.78 Å². The number of anilines is 1. The fourth-order valence-electron chi connectivity index (χ4n) is 3.50. The van der Waals surface area contributed by atoms with Gasteiger partial charge in [0.2, 0.25) is 0 Å². The molecule has 0 bridgehead atoms.